The Balaban J connectivity index is 1.83. The van der Waals surface area contributed by atoms with Gasteiger partial charge in [0, 0.05) is 9.50 Å². The highest BCUT2D eigenvalue weighted by molar-refractivity contribution is 9.10. The van der Waals surface area contributed by atoms with Crippen molar-refractivity contribution in [3.05, 3.63) is 63.0 Å². The molecule has 1 atom stereocenters. The lowest BCUT2D eigenvalue weighted by molar-refractivity contribution is 0.469. The molecule has 0 aliphatic heterocycles. The van der Waals surface area contributed by atoms with E-state index in [0.717, 1.165) is 15.8 Å². The summed E-state index contributed by atoms with van der Waals surface area (Å²) in [5, 5.41) is 8.76. The molecule has 2 N–H and O–H groups in total. The van der Waals surface area contributed by atoms with Crippen molar-refractivity contribution >= 4 is 64.0 Å². The lowest BCUT2D eigenvalue weighted by atomic mass is 10.1. The molecule has 8 nitrogen and oxygen atoms in total. The second-order valence-corrected chi connectivity index (χ2v) is 13.0. The monoisotopic (exact) mass is 578 g/mol. The summed E-state index contributed by atoms with van der Waals surface area (Å²) in [7, 11) is -7.72. The molecule has 0 bridgehead atoms. The average Bonchev–Trinajstić information content (AvgIpc) is 3.15. The first-order valence-corrected chi connectivity index (χ1v) is 14.3. The van der Waals surface area contributed by atoms with Crippen LogP contribution in [0.1, 0.15) is 31.3 Å². The molecule has 3 aromatic rings. The van der Waals surface area contributed by atoms with Gasteiger partial charge in [0.15, 0.2) is 0 Å². The second-order valence-electron chi connectivity index (χ2n) is 7.26. The SMILES string of the molecule is CC(C)CC(NS(=O)(=O)c1ccc(Cl)cc1)c1nnc(NS(=O)(=O)c2ccc(Br)cc2)s1. The summed E-state index contributed by atoms with van der Waals surface area (Å²) in [6.45, 7) is 3.89. The molecule has 1 unspecified atom stereocenters. The largest absolute Gasteiger partial charge is 0.263 e. The Morgan fingerprint density at radius 3 is 2.09 bits per heavy atom. The van der Waals surface area contributed by atoms with Crippen LogP contribution in [0.3, 0.4) is 0 Å². The molecule has 0 saturated heterocycles. The highest BCUT2D eigenvalue weighted by atomic mass is 79.9. The zero-order chi connectivity index (χ0) is 23.5. The number of aromatic nitrogens is 2. The van der Waals surface area contributed by atoms with E-state index in [1.807, 2.05) is 13.8 Å². The maximum absolute atomic E-state index is 12.8. The van der Waals surface area contributed by atoms with Crippen LogP contribution in [-0.4, -0.2) is 27.0 Å². The quantitative estimate of drug-likeness (QED) is 0.375. The van der Waals surface area contributed by atoms with E-state index in [1.54, 1.807) is 12.1 Å². The van der Waals surface area contributed by atoms with Gasteiger partial charge in [0.2, 0.25) is 15.2 Å². The van der Waals surface area contributed by atoms with E-state index < -0.39 is 26.1 Å². The molecule has 32 heavy (non-hydrogen) atoms. The predicted octanol–water partition coefficient (Wildman–Crippen LogP) is 4.82. The fraction of sp³-hybridized carbons (Fsp3) is 0.263. The topological polar surface area (TPSA) is 118 Å². The van der Waals surface area contributed by atoms with Gasteiger partial charge in [-0.25, -0.2) is 21.6 Å². The van der Waals surface area contributed by atoms with Crippen LogP contribution in [-0.2, 0) is 20.0 Å². The van der Waals surface area contributed by atoms with Gasteiger partial charge < -0.3 is 0 Å². The van der Waals surface area contributed by atoms with Gasteiger partial charge in [-0.2, -0.15) is 0 Å². The summed E-state index contributed by atoms with van der Waals surface area (Å²) < 4.78 is 56.7. The molecule has 0 aliphatic carbocycles. The molecule has 1 aromatic heterocycles. The van der Waals surface area contributed by atoms with Crippen LogP contribution in [0, 0.1) is 5.92 Å². The minimum Gasteiger partial charge on any atom is -0.253 e. The highest BCUT2D eigenvalue weighted by Gasteiger charge is 2.26. The van der Waals surface area contributed by atoms with Crippen molar-refractivity contribution in [1.29, 1.82) is 0 Å². The summed E-state index contributed by atoms with van der Waals surface area (Å²) in [4.78, 5) is 0.135. The summed E-state index contributed by atoms with van der Waals surface area (Å²) >= 11 is 10.1. The van der Waals surface area contributed by atoms with Crippen molar-refractivity contribution in [2.75, 3.05) is 4.72 Å². The van der Waals surface area contributed by atoms with Crippen molar-refractivity contribution in [3.63, 3.8) is 0 Å². The van der Waals surface area contributed by atoms with Crippen LogP contribution in [0.25, 0.3) is 0 Å². The van der Waals surface area contributed by atoms with Crippen molar-refractivity contribution in [3.8, 4) is 0 Å². The number of nitrogens with one attached hydrogen (secondary N) is 2. The smallest absolute Gasteiger partial charge is 0.253 e. The maximum atomic E-state index is 12.8. The van der Waals surface area contributed by atoms with Gasteiger partial charge in [-0.05, 0) is 60.9 Å². The van der Waals surface area contributed by atoms with Gasteiger partial charge in [-0.15, -0.1) is 10.2 Å². The molecule has 13 heteroatoms. The highest BCUT2D eigenvalue weighted by Crippen LogP contribution is 2.30. The molecule has 172 valence electrons. The molecule has 0 amide bonds. The van der Waals surface area contributed by atoms with Crippen molar-refractivity contribution in [2.45, 2.75) is 36.1 Å². The number of sulfonamides is 2. The molecule has 2 aromatic carbocycles. The molecule has 0 spiro atoms. The molecule has 0 radical (unpaired) electrons. The fourth-order valence-corrected chi connectivity index (χ4v) is 6.46. The number of hydrogen-bond acceptors (Lipinski definition) is 7. The minimum absolute atomic E-state index is 0.0439. The number of anilines is 1. The number of nitrogens with zero attached hydrogens (tertiary/aromatic N) is 2. The molecular formula is C19H20BrClN4O4S3. The van der Waals surface area contributed by atoms with Crippen LogP contribution < -0.4 is 9.44 Å². The Morgan fingerprint density at radius 2 is 1.50 bits per heavy atom. The van der Waals surface area contributed by atoms with E-state index >= 15 is 0 Å². The third kappa shape index (κ3) is 6.49. The van der Waals surface area contributed by atoms with Crippen LogP contribution in [0.5, 0.6) is 0 Å². The van der Waals surface area contributed by atoms with E-state index in [2.05, 4.69) is 35.6 Å². The summed E-state index contributed by atoms with van der Waals surface area (Å²) in [6.07, 6.45) is 0.445. The lowest BCUT2D eigenvalue weighted by Gasteiger charge is -2.18. The summed E-state index contributed by atoms with van der Waals surface area (Å²) in [5.74, 6) is 0.139. The third-order valence-electron chi connectivity index (χ3n) is 4.21. The Kier molecular flexibility index (Phi) is 7.94. The zero-order valence-corrected chi connectivity index (χ0v) is 21.8. The normalized spacial score (nSPS) is 13.3. The van der Waals surface area contributed by atoms with Crippen molar-refractivity contribution in [2.24, 2.45) is 5.92 Å². The molecule has 1 heterocycles. The Bertz CT molecular complexity index is 1280. The predicted molar refractivity (Wildman–Crippen MR) is 129 cm³/mol. The first kappa shape index (κ1) is 25.1. The summed E-state index contributed by atoms with van der Waals surface area (Å²) in [6, 6.07) is 11.3. The standard InChI is InChI=1S/C19H20BrClN4O4S3/c1-12(2)11-17(24-31(26,27)16-9-5-14(21)6-10-16)18-22-23-19(30-18)25-32(28,29)15-7-3-13(20)4-8-15/h3-10,12,17,24H,11H2,1-2H3,(H,23,25). The van der Waals surface area contributed by atoms with Crippen LogP contribution in [0.2, 0.25) is 5.02 Å². The van der Waals surface area contributed by atoms with Gasteiger partial charge in [0.05, 0.1) is 15.8 Å². The zero-order valence-electron chi connectivity index (χ0n) is 17.0. The number of halogens is 2. The third-order valence-corrected chi connectivity index (χ3v) is 8.92. The lowest BCUT2D eigenvalue weighted by Crippen LogP contribution is -2.29. The molecule has 3 rings (SSSR count). The number of benzene rings is 2. The van der Waals surface area contributed by atoms with E-state index in [9.17, 15) is 16.8 Å². The molecular weight excluding hydrogens is 560 g/mol. The average molecular weight is 580 g/mol. The number of rotatable bonds is 9. The van der Waals surface area contributed by atoms with E-state index in [4.69, 9.17) is 11.6 Å². The summed E-state index contributed by atoms with van der Waals surface area (Å²) in [5.41, 5.74) is 0. The molecule has 0 aliphatic rings. The fourth-order valence-electron chi connectivity index (χ4n) is 2.74. The van der Waals surface area contributed by atoms with Gasteiger partial charge in [0.25, 0.3) is 10.0 Å². The Labute approximate surface area is 204 Å². The van der Waals surface area contributed by atoms with E-state index in [1.165, 1.54) is 36.4 Å². The van der Waals surface area contributed by atoms with Crippen LogP contribution in [0.4, 0.5) is 5.13 Å². The van der Waals surface area contributed by atoms with Gasteiger partial charge >= 0.3 is 0 Å². The second kappa shape index (κ2) is 10.1. The Hall–Kier alpha value is -1.57. The first-order valence-electron chi connectivity index (χ1n) is 9.36. The minimum atomic E-state index is -3.86. The van der Waals surface area contributed by atoms with Crippen LogP contribution >= 0.6 is 38.9 Å². The number of hydrogen-bond donors (Lipinski definition) is 2. The molecule has 0 fully saturated rings. The van der Waals surface area contributed by atoms with Gasteiger partial charge in [-0.3, -0.25) is 4.72 Å². The van der Waals surface area contributed by atoms with Crippen LogP contribution in [0.15, 0.2) is 62.8 Å². The van der Waals surface area contributed by atoms with Gasteiger partial charge in [0.1, 0.15) is 5.01 Å². The Morgan fingerprint density at radius 1 is 0.938 bits per heavy atom. The first-order chi connectivity index (χ1) is 15.0. The van der Waals surface area contributed by atoms with Crippen molar-refractivity contribution in [1.82, 2.24) is 14.9 Å². The van der Waals surface area contributed by atoms with Gasteiger partial charge in [-0.1, -0.05) is 52.7 Å². The van der Waals surface area contributed by atoms with Crippen molar-refractivity contribution < 1.29 is 16.8 Å². The van der Waals surface area contributed by atoms with E-state index in [0.29, 0.717) is 16.5 Å². The molecule has 0 saturated carbocycles. The van der Waals surface area contributed by atoms with E-state index in [-0.39, 0.29) is 20.8 Å². The maximum Gasteiger partial charge on any atom is 0.263 e.